The molecule has 1 heterocycles. The summed E-state index contributed by atoms with van der Waals surface area (Å²) in [5, 5.41) is 3.22. The molecule has 0 radical (unpaired) electrons. The number of nitrogens with one attached hydrogen (secondary N) is 1. The van der Waals surface area contributed by atoms with E-state index in [1.54, 1.807) is 6.20 Å². The lowest BCUT2D eigenvalue weighted by molar-refractivity contribution is 1.30. The molecule has 0 aliphatic rings. The van der Waals surface area contributed by atoms with Crippen LogP contribution < -0.4 is 5.32 Å². The Morgan fingerprint density at radius 2 is 1.86 bits per heavy atom. The quantitative estimate of drug-likeness (QED) is 0.487. The number of pyridine rings is 1. The van der Waals surface area contributed by atoms with E-state index in [2.05, 4.69) is 66.8 Å². The molecule has 0 aliphatic carbocycles. The van der Waals surface area contributed by atoms with Crippen LogP contribution in [0.5, 0.6) is 0 Å². The highest BCUT2D eigenvalue weighted by Crippen LogP contribution is 2.28. The molecule has 0 atom stereocenters. The van der Waals surface area contributed by atoms with E-state index in [1.165, 1.54) is 5.56 Å². The van der Waals surface area contributed by atoms with Crippen molar-refractivity contribution in [2.45, 2.75) is 20.8 Å². The Labute approximate surface area is 167 Å². The lowest BCUT2D eigenvalue weighted by Crippen LogP contribution is -2.01. The van der Waals surface area contributed by atoms with Crippen LogP contribution in [0.3, 0.4) is 0 Å². The highest BCUT2D eigenvalue weighted by Gasteiger charge is 2.09. The number of hydrogen-bond acceptors (Lipinski definition) is 3. The van der Waals surface area contributed by atoms with Gasteiger partial charge in [-0.15, -0.1) is 0 Å². The van der Waals surface area contributed by atoms with Gasteiger partial charge in [-0.25, -0.2) is 0 Å². The number of nitrogens with zero attached hydrogens (tertiary/aromatic N) is 2. The van der Waals surface area contributed by atoms with Gasteiger partial charge in [0.05, 0.1) is 5.69 Å². The first kappa shape index (κ1) is 19.3. The van der Waals surface area contributed by atoms with Crippen LogP contribution >= 0.6 is 0 Å². The average Bonchev–Trinajstić information content (AvgIpc) is 2.68. The molecular weight excluding hydrogens is 342 g/mol. The minimum atomic E-state index is 0.931. The Balaban J connectivity index is 2.08. The van der Waals surface area contributed by atoms with Gasteiger partial charge < -0.3 is 5.32 Å². The van der Waals surface area contributed by atoms with Gasteiger partial charge in [0, 0.05) is 34.9 Å². The predicted molar refractivity (Wildman–Crippen MR) is 121 cm³/mol. The summed E-state index contributed by atoms with van der Waals surface area (Å²) in [5.74, 6) is 0. The van der Waals surface area contributed by atoms with E-state index in [9.17, 15) is 0 Å². The van der Waals surface area contributed by atoms with E-state index in [1.807, 2.05) is 38.4 Å². The largest absolute Gasteiger partial charge is 0.362 e. The maximum atomic E-state index is 4.83. The predicted octanol–water partition coefficient (Wildman–Crippen LogP) is 6.79. The van der Waals surface area contributed by atoms with Crippen molar-refractivity contribution in [1.29, 1.82) is 0 Å². The van der Waals surface area contributed by atoms with Crippen molar-refractivity contribution in [2.24, 2.45) is 4.99 Å². The highest BCUT2D eigenvalue weighted by molar-refractivity contribution is 6.05. The lowest BCUT2D eigenvalue weighted by atomic mass is 9.99. The number of rotatable bonds is 6. The first-order valence-electron chi connectivity index (χ1n) is 9.23. The van der Waals surface area contributed by atoms with Gasteiger partial charge >= 0.3 is 0 Å². The summed E-state index contributed by atoms with van der Waals surface area (Å²) in [4.78, 5) is 9.20. The summed E-state index contributed by atoms with van der Waals surface area (Å²) in [6.07, 6.45) is 5.39. The Morgan fingerprint density at radius 3 is 2.57 bits per heavy atom. The molecule has 0 bridgehead atoms. The van der Waals surface area contributed by atoms with Crippen LogP contribution in [-0.4, -0.2) is 10.7 Å². The van der Waals surface area contributed by atoms with E-state index in [0.717, 1.165) is 44.9 Å². The van der Waals surface area contributed by atoms with Crippen molar-refractivity contribution in [1.82, 2.24) is 4.98 Å². The molecule has 28 heavy (non-hydrogen) atoms. The smallest absolute Gasteiger partial charge is 0.0635 e. The normalized spacial score (nSPS) is 11.2. The monoisotopic (exact) mass is 367 g/mol. The molecule has 2 aromatic carbocycles. The third kappa shape index (κ3) is 4.44. The molecule has 140 valence electrons. The molecule has 1 aromatic heterocycles. The molecule has 1 N–H and O–H groups in total. The molecule has 0 amide bonds. The van der Waals surface area contributed by atoms with Crippen molar-refractivity contribution in [2.75, 3.05) is 5.32 Å². The van der Waals surface area contributed by atoms with Gasteiger partial charge in [-0.2, -0.15) is 0 Å². The summed E-state index contributed by atoms with van der Waals surface area (Å²) in [7, 11) is 0. The summed E-state index contributed by atoms with van der Waals surface area (Å²) < 4.78 is 0. The van der Waals surface area contributed by atoms with Gasteiger partial charge in [0.15, 0.2) is 0 Å². The Morgan fingerprint density at radius 1 is 1.04 bits per heavy atom. The minimum Gasteiger partial charge on any atom is -0.362 e. The van der Waals surface area contributed by atoms with Crippen LogP contribution in [-0.2, 0) is 0 Å². The summed E-state index contributed by atoms with van der Waals surface area (Å²) >= 11 is 0. The van der Waals surface area contributed by atoms with Crippen LogP contribution in [0.4, 0.5) is 11.4 Å². The first-order chi connectivity index (χ1) is 13.5. The van der Waals surface area contributed by atoms with E-state index in [4.69, 9.17) is 4.99 Å². The fourth-order valence-electron chi connectivity index (χ4n) is 3.04. The van der Waals surface area contributed by atoms with Gasteiger partial charge in [-0.05, 0) is 79.6 Å². The maximum absolute atomic E-state index is 4.83. The van der Waals surface area contributed by atoms with Crippen LogP contribution in [0, 0.1) is 6.92 Å². The third-order valence-corrected chi connectivity index (χ3v) is 4.53. The second-order valence-corrected chi connectivity index (χ2v) is 6.89. The van der Waals surface area contributed by atoms with Crippen LogP contribution in [0.2, 0.25) is 0 Å². The summed E-state index contributed by atoms with van der Waals surface area (Å²) in [6.45, 7) is 13.9. The van der Waals surface area contributed by atoms with Gasteiger partial charge in [-0.3, -0.25) is 9.98 Å². The summed E-state index contributed by atoms with van der Waals surface area (Å²) in [6, 6.07) is 16.6. The molecule has 3 heteroatoms. The molecule has 0 fully saturated rings. The van der Waals surface area contributed by atoms with Crippen molar-refractivity contribution >= 4 is 22.7 Å². The zero-order valence-corrected chi connectivity index (χ0v) is 16.7. The topological polar surface area (TPSA) is 37.3 Å². The lowest BCUT2D eigenvalue weighted by Gasteiger charge is -2.13. The number of anilines is 1. The van der Waals surface area contributed by atoms with E-state index in [0.29, 0.717) is 0 Å². The molecule has 0 unspecified atom stereocenters. The standard InChI is InChI=1S/C25H25N3/c1-6-27-25-11-10-20(22-13-21(17(2)3)15-26-16-22)14-24(25)19(5)28-23-9-7-8-18(4)12-23/h6-16,27H,1-2H2,3-5H3. The molecule has 3 aromatic rings. The molecule has 3 rings (SSSR count). The second-order valence-electron chi connectivity index (χ2n) is 6.89. The van der Waals surface area contributed by atoms with Gasteiger partial charge in [0.25, 0.3) is 0 Å². The van der Waals surface area contributed by atoms with E-state index in [-0.39, 0.29) is 0 Å². The molecular formula is C25H25N3. The molecule has 0 saturated carbocycles. The highest BCUT2D eigenvalue weighted by atomic mass is 14.8. The van der Waals surface area contributed by atoms with E-state index >= 15 is 0 Å². The zero-order chi connectivity index (χ0) is 20.1. The number of aromatic nitrogens is 1. The molecule has 0 spiro atoms. The number of hydrogen-bond donors (Lipinski definition) is 1. The summed E-state index contributed by atoms with van der Waals surface area (Å²) in [5.41, 5.74) is 9.23. The van der Waals surface area contributed by atoms with Crippen molar-refractivity contribution < 1.29 is 0 Å². The van der Waals surface area contributed by atoms with Gasteiger partial charge in [0.1, 0.15) is 0 Å². The third-order valence-electron chi connectivity index (χ3n) is 4.53. The van der Waals surface area contributed by atoms with Crippen LogP contribution in [0.25, 0.3) is 16.7 Å². The van der Waals surface area contributed by atoms with Gasteiger partial charge in [-0.1, -0.05) is 31.4 Å². The number of benzene rings is 2. The minimum absolute atomic E-state index is 0.931. The SMILES string of the molecule is C=CNc1ccc(-c2cncc(C(=C)C)c2)cc1C(C)=Nc1cccc(C)c1. The molecule has 3 nitrogen and oxygen atoms in total. The maximum Gasteiger partial charge on any atom is 0.0635 e. The zero-order valence-electron chi connectivity index (χ0n) is 16.7. The number of allylic oxidation sites excluding steroid dienone is 1. The van der Waals surface area contributed by atoms with Crippen molar-refractivity contribution in [3.8, 4) is 11.1 Å². The molecule has 0 aliphatic heterocycles. The number of aliphatic imine (C=N–C) groups is 1. The second kappa shape index (κ2) is 8.49. The van der Waals surface area contributed by atoms with Crippen molar-refractivity contribution in [3.05, 3.63) is 97.0 Å². The van der Waals surface area contributed by atoms with Crippen LogP contribution in [0.1, 0.15) is 30.5 Å². The first-order valence-corrected chi connectivity index (χ1v) is 9.23. The number of aryl methyl sites for hydroxylation is 1. The fraction of sp³-hybridized carbons (Fsp3) is 0.120. The fourth-order valence-corrected chi connectivity index (χ4v) is 3.04. The van der Waals surface area contributed by atoms with Crippen molar-refractivity contribution in [3.63, 3.8) is 0 Å². The Hall–Kier alpha value is -3.46. The Bertz CT molecular complexity index is 1060. The van der Waals surface area contributed by atoms with Gasteiger partial charge in [0.2, 0.25) is 0 Å². The van der Waals surface area contributed by atoms with E-state index < -0.39 is 0 Å². The molecule has 0 saturated heterocycles. The van der Waals surface area contributed by atoms with Crippen LogP contribution in [0.15, 0.2) is 85.3 Å². The Kier molecular flexibility index (Phi) is 5.85. The average molecular weight is 367 g/mol.